The molecule has 1 amide bonds. The Morgan fingerprint density at radius 2 is 1.95 bits per heavy atom. The van der Waals surface area contributed by atoms with Crippen LogP contribution >= 0.6 is 11.6 Å². The Morgan fingerprint density at radius 1 is 1.32 bits per heavy atom. The van der Waals surface area contributed by atoms with Crippen LogP contribution in [0.2, 0.25) is 5.02 Å². The van der Waals surface area contributed by atoms with Crippen LogP contribution in [0.5, 0.6) is 0 Å². The van der Waals surface area contributed by atoms with Crippen molar-refractivity contribution in [3.63, 3.8) is 0 Å². The molecule has 1 aliphatic heterocycles. The predicted octanol–water partition coefficient (Wildman–Crippen LogP) is 0.538. The number of piperidine rings is 1. The van der Waals surface area contributed by atoms with Crippen molar-refractivity contribution in [3.05, 3.63) is 28.8 Å². The molecule has 120 valence electrons. The van der Waals surface area contributed by atoms with Gasteiger partial charge >= 0.3 is 0 Å². The Labute approximate surface area is 134 Å². The fourth-order valence-corrected chi connectivity index (χ4v) is 4.80. The highest BCUT2D eigenvalue weighted by atomic mass is 35.5. The molecule has 1 heterocycles. The molecular formula is C14H18ClN3O3S. The first-order valence-electron chi connectivity index (χ1n) is 7.05. The fraction of sp³-hybridized carbons (Fsp3) is 0.500. The van der Waals surface area contributed by atoms with Gasteiger partial charge in [0.05, 0.1) is 5.02 Å². The molecule has 2 N–H and O–H groups in total. The van der Waals surface area contributed by atoms with Crippen LogP contribution in [-0.2, 0) is 10.0 Å². The molecule has 1 aromatic carbocycles. The predicted molar refractivity (Wildman–Crippen MR) is 83.4 cm³/mol. The summed E-state index contributed by atoms with van der Waals surface area (Å²) in [5.74, 6) is 0.459. The molecule has 0 aromatic heterocycles. The van der Waals surface area contributed by atoms with E-state index < -0.39 is 10.0 Å². The second-order valence-corrected chi connectivity index (χ2v) is 8.07. The maximum atomic E-state index is 12.5. The summed E-state index contributed by atoms with van der Waals surface area (Å²) in [5.41, 5.74) is 0.299. The molecule has 0 radical (unpaired) electrons. The van der Waals surface area contributed by atoms with Gasteiger partial charge in [-0.05, 0) is 43.1 Å². The minimum Gasteiger partial charge on any atom is -0.345 e. The van der Waals surface area contributed by atoms with E-state index in [1.807, 2.05) is 0 Å². The Morgan fingerprint density at radius 3 is 2.55 bits per heavy atom. The van der Waals surface area contributed by atoms with E-state index in [9.17, 15) is 13.2 Å². The first-order chi connectivity index (χ1) is 10.3. The molecule has 1 aromatic rings. The lowest BCUT2D eigenvalue weighted by Crippen LogP contribution is -2.33. The van der Waals surface area contributed by atoms with Gasteiger partial charge in [0, 0.05) is 25.7 Å². The lowest BCUT2D eigenvalue weighted by molar-refractivity contribution is 0.0827. The first kappa shape index (κ1) is 15.7. The zero-order valence-corrected chi connectivity index (χ0v) is 13.9. The van der Waals surface area contributed by atoms with Crippen LogP contribution in [-0.4, -0.2) is 52.5 Å². The van der Waals surface area contributed by atoms with Crippen molar-refractivity contribution >= 4 is 27.5 Å². The minimum atomic E-state index is -3.73. The Balaban J connectivity index is 1.86. The highest BCUT2D eigenvalue weighted by Crippen LogP contribution is 2.42. The molecule has 8 heteroatoms. The zero-order valence-electron chi connectivity index (χ0n) is 12.3. The number of benzene rings is 1. The van der Waals surface area contributed by atoms with Crippen LogP contribution in [0, 0.1) is 11.8 Å². The zero-order chi connectivity index (χ0) is 16.1. The molecule has 3 rings (SSSR count). The number of carbonyl (C=O) groups excluding carboxylic acids is 1. The van der Waals surface area contributed by atoms with E-state index in [1.165, 1.54) is 23.1 Å². The number of nitrogens with zero attached hydrogens (tertiary/aromatic N) is 1. The van der Waals surface area contributed by atoms with E-state index >= 15 is 0 Å². The van der Waals surface area contributed by atoms with Crippen molar-refractivity contribution in [1.82, 2.24) is 14.9 Å². The molecule has 1 aliphatic carbocycles. The van der Waals surface area contributed by atoms with Crippen molar-refractivity contribution in [1.29, 1.82) is 0 Å². The van der Waals surface area contributed by atoms with E-state index in [4.69, 9.17) is 11.6 Å². The van der Waals surface area contributed by atoms with Gasteiger partial charge in [0.25, 0.3) is 5.91 Å². The van der Waals surface area contributed by atoms with E-state index in [1.54, 1.807) is 14.1 Å². The summed E-state index contributed by atoms with van der Waals surface area (Å²) < 4.78 is 27.8. The summed E-state index contributed by atoms with van der Waals surface area (Å²) in [6.45, 7) is 1.68. The highest BCUT2D eigenvalue weighted by Gasteiger charge is 2.54. The molecule has 6 nitrogen and oxygen atoms in total. The second kappa shape index (κ2) is 5.49. The number of sulfonamides is 1. The summed E-state index contributed by atoms with van der Waals surface area (Å²) >= 11 is 6.03. The fourth-order valence-electron chi connectivity index (χ4n) is 2.94. The molecule has 1 unspecified atom stereocenters. The number of hydrogen-bond acceptors (Lipinski definition) is 4. The summed E-state index contributed by atoms with van der Waals surface area (Å²) in [5, 5.41) is 3.33. The summed E-state index contributed by atoms with van der Waals surface area (Å²) in [6, 6.07) is 4.28. The van der Waals surface area contributed by atoms with Crippen LogP contribution in [0.15, 0.2) is 23.1 Å². The van der Waals surface area contributed by atoms with E-state index in [0.29, 0.717) is 17.4 Å². The van der Waals surface area contributed by atoms with Crippen molar-refractivity contribution < 1.29 is 13.2 Å². The van der Waals surface area contributed by atoms with Gasteiger partial charge in [-0.1, -0.05) is 11.6 Å². The van der Waals surface area contributed by atoms with Crippen LogP contribution < -0.4 is 10.0 Å². The van der Waals surface area contributed by atoms with E-state index in [0.717, 1.165) is 13.1 Å². The van der Waals surface area contributed by atoms with Crippen LogP contribution in [0.1, 0.15) is 10.4 Å². The van der Waals surface area contributed by atoms with Crippen LogP contribution in [0.25, 0.3) is 0 Å². The van der Waals surface area contributed by atoms with Gasteiger partial charge in [0.2, 0.25) is 10.0 Å². The average molecular weight is 344 g/mol. The highest BCUT2D eigenvalue weighted by molar-refractivity contribution is 7.89. The molecular weight excluding hydrogens is 326 g/mol. The molecule has 2 fully saturated rings. The van der Waals surface area contributed by atoms with E-state index in [-0.39, 0.29) is 21.9 Å². The van der Waals surface area contributed by atoms with E-state index in [2.05, 4.69) is 10.0 Å². The lowest BCUT2D eigenvalue weighted by Gasteiger charge is -2.13. The molecule has 0 spiro atoms. The van der Waals surface area contributed by atoms with Gasteiger partial charge in [0.15, 0.2) is 0 Å². The van der Waals surface area contributed by atoms with Gasteiger partial charge in [-0.2, -0.15) is 0 Å². The smallest absolute Gasteiger partial charge is 0.253 e. The van der Waals surface area contributed by atoms with Crippen molar-refractivity contribution in [2.45, 2.75) is 10.9 Å². The maximum Gasteiger partial charge on any atom is 0.253 e. The topological polar surface area (TPSA) is 78.5 Å². The molecule has 0 bridgehead atoms. The van der Waals surface area contributed by atoms with Gasteiger partial charge in [-0.15, -0.1) is 0 Å². The molecule has 1 saturated heterocycles. The monoisotopic (exact) mass is 343 g/mol. The summed E-state index contributed by atoms with van der Waals surface area (Å²) in [7, 11) is -0.506. The molecule has 2 aliphatic rings. The minimum absolute atomic E-state index is 0.0319. The normalized spacial score (nSPS) is 26.6. The van der Waals surface area contributed by atoms with Crippen molar-refractivity contribution in [3.8, 4) is 0 Å². The van der Waals surface area contributed by atoms with Crippen molar-refractivity contribution in [2.24, 2.45) is 11.8 Å². The number of hydrogen-bond donors (Lipinski definition) is 2. The number of fused-ring (bicyclic) bond motifs is 1. The third kappa shape index (κ3) is 2.74. The average Bonchev–Trinajstić information content (AvgIpc) is 2.87. The maximum absolute atomic E-state index is 12.5. The Hall–Kier alpha value is -1.15. The van der Waals surface area contributed by atoms with Crippen molar-refractivity contribution in [2.75, 3.05) is 27.2 Å². The van der Waals surface area contributed by atoms with Gasteiger partial charge in [0.1, 0.15) is 4.90 Å². The second-order valence-electron chi connectivity index (χ2n) is 5.98. The third-order valence-corrected chi connectivity index (χ3v) is 6.20. The standard InChI is InChI=1S/C14H18ClN3O3S/c1-18(2)14(19)8-3-4-11(15)12(5-8)22(20,21)17-13-9-6-16-7-10(9)13/h3-5,9-10,13,16-17H,6-7H2,1-2H3/t9-,10+,13?. The summed E-state index contributed by atoms with van der Waals surface area (Å²) in [6.07, 6.45) is 0. The SMILES string of the molecule is CN(C)C(=O)c1ccc(Cl)c(S(=O)(=O)NC2[C@H]3CNC[C@@H]23)c1. The number of amides is 1. The number of carbonyl (C=O) groups is 1. The Bertz CT molecular complexity index is 710. The quantitative estimate of drug-likeness (QED) is 0.836. The number of rotatable bonds is 4. The molecule has 22 heavy (non-hydrogen) atoms. The first-order valence-corrected chi connectivity index (χ1v) is 8.91. The van der Waals surface area contributed by atoms with Crippen LogP contribution in [0.3, 0.4) is 0 Å². The summed E-state index contributed by atoms with van der Waals surface area (Å²) in [4.78, 5) is 13.3. The van der Waals surface area contributed by atoms with Gasteiger partial charge < -0.3 is 10.2 Å². The lowest BCUT2D eigenvalue weighted by atomic mass is 10.2. The molecule has 1 saturated carbocycles. The van der Waals surface area contributed by atoms with Gasteiger partial charge in [-0.3, -0.25) is 4.79 Å². The number of nitrogens with one attached hydrogen (secondary N) is 2. The largest absolute Gasteiger partial charge is 0.345 e. The molecule has 3 atom stereocenters. The Kier molecular flexibility index (Phi) is 3.92. The van der Waals surface area contributed by atoms with Crippen LogP contribution in [0.4, 0.5) is 0 Å². The van der Waals surface area contributed by atoms with Gasteiger partial charge in [-0.25, -0.2) is 13.1 Å². The third-order valence-electron chi connectivity index (χ3n) is 4.26. The number of halogens is 1.